The second-order valence-corrected chi connectivity index (χ2v) is 14.4. The van der Waals surface area contributed by atoms with Crippen LogP contribution < -0.4 is 10.1 Å². The van der Waals surface area contributed by atoms with E-state index in [1.54, 1.807) is 39.8 Å². The largest absolute Gasteiger partial charge is 0.507 e. The molecule has 4 aliphatic heterocycles. The molecule has 15 nitrogen and oxygen atoms in total. The first-order valence-electron chi connectivity index (χ1n) is 17.6. The van der Waals surface area contributed by atoms with Gasteiger partial charge < -0.3 is 49.1 Å². The van der Waals surface area contributed by atoms with E-state index in [2.05, 4.69) is 5.32 Å². The summed E-state index contributed by atoms with van der Waals surface area (Å²) in [7, 11) is 1.42. The highest BCUT2D eigenvalue weighted by Gasteiger charge is 2.58. The number of ether oxygens (including phenoxy) is 6. The number of carbonyl (C=O) groups is 5. The maximum Gasteiger partial charge on any atom is 0.335 e. The zero-order valence-electron chi connectivity index (χ0n) is 31.6. The molecule has 54 heavy (non-hydrogen) atoms. The fraction of sp³-hybridized carbons (Fsp3) is 0.513. The molecule has 4 N–H and O–H groups in total. The summed E-state index contributed by atoms with van der Waals surface area (Å²) in [5.74, 6) is -11.4. The molecule has 0 aromatic heterocycles. The number of phenolic OH excluding ortho intramolecular Hbond substituents is 1. The van der Waals surface area contributed by atoms with E-state index in [0.717, 1.165) is 12.3 Å². The van der Waals surface area contributed by atoms with E-state index in [9.17, 15) is 39.3 Å². The van der Waals surface area contributed by atoms with Crippen molar-refractivity contribution in [1.82, 2.24) is 5.32 Å². The summed E-state index contributed by atoms with van der Waals surface area (Å²) >= 11 is 0. The molecule has 5 aliphatic rings. The number of methoxy groups -OCH3 is 1. The van der Waals surface area contributed by atoms with Crippen LogP contribution in [0.2, 0.25) is 0 Å². The van der Waals surface area contributed by atoms with Crippen molar-refractivity contribution < 1.29 is 67.7 Å². The lowest BCUT2D eigenvalue weighted by Gasteiger charge is -2.38. The van der Waals surface area contributed by atoms with Gasteiger partial charge in [-0.3, -0.25) is 19.2 Å². The number of allylic oxidation sites excluding steroid dienone is 3. The molecule has 1 saturated heterocycles. The molecule has 1 amide bonds. The van der Waals surface area contributed by atoms with Crippen LogP contribution in [0.4, 0.5) is 0 Å². The summed E-state index contributed by atoms with van der Waals surface area (Å²) in [6.45, 7) is 11.7. The average molecular weight is 754 g/mol. The first-order chi connectivity index (χ1) is 25.3. The number of Topliss-reactive ketones (excluding diaryl/α,β-unsaturated/α-hetero) is 2. The molecule has 1 fully saturated rings. The van der Waals surface area contributed by atoms with Crippen LogP contribution in [0.15, 0.2) is 47.9 Å². The van der Waals surface area contributed by atoms with Crippen LogP contribution in [0.3, 0.4) is 0 Å². The lowest BCUT2D eigenvalue weighted by molar-refractivity contribution is -0.161. The zero-order chi connectivity index (χ0) is 40.0. The fourth-order valence-corrected chi connectivity index (χ4v) is 7.37. The molecule has 4 heterocycles. The number of nitrogens with one attached hydrogen (secondary N) is 1. The molecular formula is C39H47NO14. The third-order valence-electron chi connectivity index (χ3n) is 10.6. The van der Waals surface area contributed by atoms with Crippen molar-refractivity contribution >= 4 is 29.4 Å². The number of hydrogen-bond donors (Lipinski definition) is 4. The minimum absolute atomic E-state index is 0.00812. The van der Waals surface area contributed by atoms with E-state index in [0.29, 0.717) is 0 Å². The van der Waals surface area contributed by atoms with Crippen molar-refractivity contribution in [3.63, 3.8) is 0 Å². The molecule has 1 spiro atoms. The predicted molar refractivity (Wildman–Crippen MR) is 189 cm³/mol. The topological polar surface area (TPSA) is 213 Å². The van der Waals surface area contributed by atoms with Gasteiger partial charge in [-0.2, -0.15) is 0 Å². The van der Waals surface area contributed by atoms with Crippen molar-refractivity contribution in [2.75, 3.05) is 13.7 Å². The van der Waals surface area contributed by atoms with E-state index in [1.807, 2.05) is 0 Å². The van der Waals surface area contributed by atoms with Crippen LogP contribution in [-0.4, -0.2) is 88.7 Å². The van der Waals surface area contributed by atoms with Gasteiger partial charge in [0.05, 0.1) is 47.0 Å². The summed E-state index contributed by atoms with van der Waals surface area (Å²) in [5.41, 5.74) is -1.23. The third kappa shape index (κ3) is 7.08. The molecule has 292 valence electrons. The van der Waals surface area contributed by atoms with Gasteiger partial charge in [-0.25, -0.2) is 4.79 Å². The Balaban J connectivity index is 1.66. The molecule has 15 heteroatoms. The Morgan fingerprint density at radius 2 is 1.65 bits per heavy atom. The van der Waals surface area contributed by atoms with Gasteiger partial charge in [-0.15, -0.1) is 0 Å². The van der Waals surface area contributed by atoms with Crippen molar-refractivity contribution in [3.8, 4) is 11.5 Å². The van der Waals surface area contributed by atoms with E-state index in [4.69, 9.17) is 28.4 Å². The highest BCUT2D eigenvalue weighted by molar-refractivity contribution is 6.19. The van der Waals surface area contributed by atoms with Crippen molar-refractivity contribution in [2.45, 2.75) is 91.4 Å². The Morgan fingerprint density at radius 3 is 2.26 bits per heavy atom. The number of fused-ring (bicyclic) bond motifs is 13. The second-order valence-electron chi connectivity index (χ2n) is 14.4. The molecule has 10 unspecified atom stereocenters. The molecule has 1 aromatic carbocycles. The monoisotopic (exact) mass is 753 g/mol. The molecule has 5 bridgehead atoms. The van der Waals surface area contributed by atoms with Gasteiger partial charge in [0.2, 0.25) is 5.78 Å². The summed E-state index contributed by atoms with van der Waals surface area (Å²) in [6, 6.07) is 0. The van der Waals surface area contributed by atoms with Crippen LogP contribution in [-0.2, 0) is 43.9 Å². The Morgan fingerprint density at radius 1 is 0.963 bits per heavy atom. The highest BCUT2D eigenvalue weighted by Crippen LogP contribution is 2.53. The summed E-state index contributed by atoms with van der Waals surface area (Å²) in [6.07, 6.45) is 4.41. The number of aliphatic hydroxyl groups excluding tert-OH is 2. The number of ketones is 2. The minimum atomic E-state index is -2.21. The van der Waals surface area contributed by atoms with Gasteiger partial charge in [-0.1, -0.05) is 45.9 Å². The Labute approximate surface area is 312 Å². The number of carbonyl (C=O) groups excluding carboxylic acids is 5. The number of hydrogen-bond acceptors (Lipinski definition) is 14. The summed E-state index contributed by atoms with van der Waals surface area (Å²) in [5, 5.41) is 36.6. The molecular weight excluding hydrogens is 706 g/mol. The number of aliphatic hydroxyl groups is 2. The molecule has 0 radical (unpaired) electrons. The Hall–Kier alpha value is -4.83. The second kappa shape index (κ2) is 15.1. The normalized spacial score (nSPS) is 36.6. The molecule has 10 atom stereocenters. The highest BCUT2D eigenvalue weighted by atomic mass is 16.8. The molecule has 1 aromatic rings. The lowest BCUT2D eigenvalue weighted by Crippen LogP contribution is -2.46. The average Bonchev–Trinajstić information content (AvgIpc) is 3.62. The van der Waals surface area contributed by atoms with E-state index in [1.165, 1.54) is 47.0 Å². The van der Waals surface area contributed by atoms with Gasteiger partial charge in [-0.05, 0) is 19.9 Å². The van der Waals surface area contributed by atoms with Gasteiger partial charge >= 0.3 is 17.7 Å². The van der Waals surface area contributed by atoms with Crippen LogP contribution in [0.25, 0.3) is 0 Å². The van der Waals surface area contributed by atoms with E-state index < -0.39 is 107 Å². The van der Waals surface area contributed by atoms with Crippen molar-refractivity contribution in [3.05, 3.63) is 70.2 Å². The van der Waals surface area contributed by atoms with E-state index >= 15 is 0 Å². The molecule has 1 aliphatic carbocycles. The number of amides is 1. The standard InChI is InChI=1S/C39H47NO14/c1-17-11-10-12-18(2)37(48)40-24-15-39(51-16-26(42)53-39)29-27(33(24)46)32(45)22(6)35-28(29)36(47)38(8,54-35)50-14-13-25(49-9)19(3)34(52-23(7)41)21(5)31(44)20(4)30(17)43/h10-15,17,19-21,25,30-31,34,43-45H,16H2,1-9H3,(H,40,48)/b11-10-,14-13-,18-12-. The molecule has 6 rings (SSSR count). The smallest absolute Gasteiger partial charge is 0.335 e. The van der Waals surface area contributed by atoms with Gasteiger partial charge in [0.15, 0.2) is 0 Å². The Kier molecular flexibility index (Phi) is 11.3. The quantitative estimate of drug-likeness (QED) is 0.320. The number of benzene rings is 1. The first-order valence-corrected chi connectivity index (χ1v) is 17.6. The fourth-order valence-electron chi connectivity index (χ4n) is 7.37. The minimum Gasteiger partial charge on any atom is -0.507 e. The van der Waals surface area contributed by atoms with Crippen LogP contribution in [0.1, 0.15) is 80.3 Å². The van der Waals surface area contributed by atoms with Crippen LogP contribution in [0.5, 0.6) is 11.5 Å². The summed E-state index contributed by atoms with van der Waals surface area (Å²) < 4.78 is 34.8. The van der Waals surface area contributed by atoms with Gasteiger partial charge in [0.1, 0.15) is 24.2 Å². The lowest BCUT2D eigenvalue weighted by atomic mass is 9.78. The third-order valence-corrected chi connectivity index (χ3v) is 10.6. The maximum absolute atomic E-state index is 14.3. The van der Waals surface area contributed by atoms with Crippen LogP contribution >= 0.6 is 0 Å². The predicted octanol–water partition coefficient (Wildman–Crippen LogP) is 3.17. The van der Waals surface area contributed by atoms with Crippen molar-refractivity contribution in [1.29, 1.82) is 0 Å². The number of phenols is 1. The number of rotatable bonds is 2. The van der Waals surface area contributed by atoms with E-state index in [-0.39, 0.29) is 33.7 Å². The van der Waals surface area contributed by atoms with Crippen LogP contribution in [0, 0.1) is 30.6 Å². The number of esters is 2. The molecule has 0 saturated carbocycles. The first kappa shape index (κ1) is 40.4. The van der Waals surface area contributed by atoms with Gasteiger partial charge in [0, 0.05) is 61.8 Å². The van der Waals surface area contributed by atoms with Gasteiger partial charge in [0.25, 0.3) is 17.5 Å². The number of aromatic hydroxyl groups is 1. The Bertz CT molecular complexity index is 1880. The SMILES string of the molecule is COC1/C=C\OC2(C)Oc3c(C)c(O)c4c(c3C2=O)C2(C=C(NC(=O)/C(C)=C\C=C/C(C)C(O)C(C)C(O)C(C)C(OC(C)=O)C1C)C4=O)OCC(=O)O2. The summed E-state index contributed by atoms with van der Waals surface area (Å²) in [4.78, 5) is 66.6. The maximum atomic E-state index is 14.3. The van der Waals surface area contributed by atoms with Crippen molar-refractivity contribution in [2.24, 2.45) is 23.7 Å². The zero-order valence-corrected chi connectivity index (χ0v) is 31.6.